The molecule has 0 spiro atoms. The zero-order valence-corrected chi connectivity index (χ0v) is 9.85. The van der Waals surface area contributed by atoms with Crippen LogP contribution in [0.5, 0.6) is 0 Å². The third-order valence-corrected chi connectivity index (χ3v) is 2.52. The van der Waals surface area contributed by atoms with Crippen LogP contribution < -0.4 is 10.9 Å². The van der Waals surface area contributed by atoms with Gasteiger partial charge in [-0.2, -0.15) is 0 Å². The Labute approximate surface area is 98.7 Å². The number of hydrogen-bond acceptors (Lipinski definition) is 2. The van der Waals surface area contributed by atoms with Crippen LogP contribution in [-0.2, 0) is 4.79 Å². The molecule has 0 atom stereocenters. The predicted octanol–water partition coefficient (Wildman–Crippen LogP) is 3.00. The van der Waals surface area contributed by atoms with E-state index in [1.54, 1.807) is 18.2 Å². The van der Waals surface area contributed by atoms with E-state index in [2.05, 4.69) is 0 Å². The minimum atomic E-state index is -0.201. The van der Waals surface area contributed by atoms with Crippen molar-refractivity contribution in [1.82, 2.24) is 0 Å². The highest BCUT2D eigenvalue weighted by Gasteiger charge is 2.16. The number of benzene rings is 1. The number of hydrazine groups is 1. The second kappa shape index (κ2) is 5.35. The number of hydrogen-bond donors (Lipinski definition) is 1. The van der Waals surface area contributed by atoms with Crippen molar-refractivity contribution >= 4 is 34.8 Å². The van der Waals surface area contributed by atoms with Crippen LogP contribution in [0.1, 0.15) is 19.8 Å². The normalized spacial score (nSPS) is 10.1. The molecule has 0 bridgehead atoms. The molecule has 0 fully saturated rings. The summed E-state index contributed by atoms with van der Waals surface area (Å²) in [6.45, 7) is 1.90. The van der Waals surface area contributed by atoms with Crippen molar-refractivity contribution in [3.8, 4) is 0 Å². The van der Waals surface area contributed by atoms with E-state index in [1.807, 2.05) is 6.92 Å². The molecule has 0 unspecified atom stereocenters. The molecule has 0 aliphatic rings. The molecule has 0 saturated carbocycles. The molecular weight excluding hydrogens is 235 g/mol. The standard InChI is InChI=1S/C10H12Cl2N2O/c1-2-4-9(15)14(13)10-7(11)5-3-6-8(10)12/h3,5-6H,2,4,13H2,1H3. The van der Waals surface area contributed by atoms with Crippen molar-refractivity contribution in [2.45, 2.75) is 19.8 Å². The Morgan fingerprint density at radius 1 is 1.40 bits per heavy atom. The van der Waals surface area contributed by atoms with E-state index in [1.165, 1.54) is 0 Å². The van der Waals surface area contributed by atoms with Crippen molar-refractivity contribution in [3.63, 3.8) is 0 Å². The lowest BCUT2D eigenvalue weighted by Crippen LogP contribution is -2.37. The molecular formula is C10H12Cl2N2O. The van der Waals surface area contributed by atoms with Crippen LogP contribution in [0.2, 0.25) is 10.0 Å². The maximum absolute atomic E-state index is 11.5. The summed E-state index contributed by atoms with van der Waals surface area (Å²) in [5.74, 6) is 5.44. The summed E-state index contributed by atoms with van der Waals surface area (Å²) in [7, 11) is 0. The Morgan fingerprint density at radius 2 is 1.93 bits per heavy atom. The summed E-state index contributed by atoms with van der Waals surface area (Å²) in [5.41, 5.74) is 0.360. The smallest absolute Gasteiger partial charge is 0.241 e. The highest BCUT2D eigenvalue weighted by atomic mass is 35.5. The van der Waals surface area contributed by atoms with E-state index in [-0.39, 0.29) is 5.91 Å². The van der Waals surface area contributed by atoms with Crippen LogP contribution in [0.4, 0.5) is 5.69 Å². The molecule has 0 radical (unpaired) electrons. The van der Waals surface area contributed by atoms with Gasteiger partial charge in [0.1, 0.15) is 0 Å². The highest BCUT2D eigenvalue weighted by molar-refractivity contribution is 6.39. The van der Waals surface area contributed by atoms with Crippen LogP contribution in [0.3, 0.4) is 0 Å². The predicted molar refractivity (Wildman–Crippen MR) is 63.0 cm³/mol. The Balaban J connectivity index is 3.00. The zero-order valence-electron chi connectivity index (χ0n) is 8.34. The number of nitrogens with zero attached hydrogens (tertiary/aromatic N) is 1. The van der Waals surface area contributed by atoms with Crippen LogP contribution in [-0.4, -0.2) is 5.91 Å². The van der Waals surface area contributed by atoms with Crippen LogP contribution in [0.25, 0.3) is 0 Å². The summed E-state index contributed by atoms with van der Waals surface area (Å²) in [6, 6.07) is 4.98. The maximum atomic E-state index is 11.5. The van der Waals surface area contributed by atoms with E-state index in [0.29, 0.717) is 22.2 Å². The van der Waals surface area contributed by atoms with Crippen molar-refractivity contribution in [1.29, 1.82) is 0 Å². The molecule has 2 N–H and O–H groups in total. The summed E-state index contributed by atoms with van der Waals surface area (Å²) >= 11 is 11.8. The fraction of sp³-hybridized carbons (Fsp3) is 0.300. The van der Waals surface area contributed by atoms with Crippen molar-refractivity contribution in [2.24, 2.45) is 5.84 Å². The Kier molecular flexibility index (Phi) is 4.39. The molecule has 0 aromatic heterocycles. The first-order valence-electron chi connectivity index (χ1n) is 4.59. The summed E-state index contributed by atoms with van der Waals surface area (Å²) in [4.78, 5) is 11.5. The number of carbonyl (C=O) groups is 1. The van der Waals surface area contributed by atoms with Gasteiger partial charge in [-0.3, -0.25) is 4.79 Å². The number of nitrogens with two attached hydrogens (primary N) is 1. The van der Waals surface area contributed by atoms with Gasteiger partial charge < -0.3 is 0 Å². The number of carbonyl (C=O) groups excluding carboxylic acids is 1. The monoisotopic (exact) mass is 246 g/mol. The van der Waals surface area contributed by atoms with Gasteiger partial charge in [0.2, 0.25) is 5.91 Å². The average Bonchev–Trinajstić information content (AvgIpc) is 2.17. The minimum Gasteiger partial charge on any atom is -0.273 e. The largest absolute Gasteiger partial charge is 0.273 e. The van der Waals surface area contributed by atoms with Gasteiger partial charge in [0.25, 0.3) is 0 Å². The fourth-order valence-corrected chi connectivity index (χ4v) is 1.76. The summed E-state index contributed by atoms with van der Waals surface area (Å²) in [5, 5.41) is 1.75. The van der Waals surface area contributed by atoms with Gasteiger partial charge in [0, 0.05) is 6.42 Å². The number of para-hydroxylation sites is 1. The molecule has 3 nitrogen and oxygen atoms in total. The minimum absolute atomic E-state index is 0.201. The fourth-order valence-electron chi connectivity index (χ4n) is 1.18. The molecule has 1 rings (SSSR count). The SMILES string of the molecule is CCCC(=O)N(N)c1c(Cl)cccc1Cl. The Morgan fingerprint density at radius 3 is 2.40 bits per heavy atom. The van der Waals surface area contributed by atoms with Gasteiger partial charge in [-0.1, -0.05) is 36.2 Å². The first-order chi connectivity index (χ1) is 7.07. The lowest BCUT2D eigenvalue weighted by molar-refractivity contribution is -0.118. The van der Waals surface area contributed by atoms with E-state index in [4.69, 9.17) is 29.0 Å². The van der Waals surface area contributed by atoms with Crippen LogP contribution in [0.15, 0.2) is 18.2 Å². The molecule has 1 aromatic rings. The number of anilines is 1. The summed E-state index contributed by atoms with van der Waals surface area (Å²) < 4.78 is 0. The number of amides is 1. The molecule has 0 aliphatic carbocycles. The molecule has 0 saturated heterocycles. The molecule has 15 heavy (non-hydrogen) atoms. The second-order valence-corrected chi connectivity index (χ2v) is 3.90. The topological polar surface area (TPSA) is 46.3 Å². The Hall–Kier alpha value is -0.770. The number of rotatable bonds is 3. The highest BCUT2D eigenvalue weighted by Crippen LogP contribution is 2.32. The summed E-state index contributed by atoms with van der Waals surface area (Å²) in [6.07, 6.45) is 1.10. The lowest BCUT2D eigenvalue weighted by Gasteiger charge is -2.18. The van der Waals surface area contributed by atoms with Crippen LogP contribution in [0, 0.1) is 0 Å². The molecule has 1 amide bonds. The second-order valence-electron chi connectivity index (χ2n) is 3.08. The van der Waals surface area contributed by atoms with E-state index in [0.717, 1.165) is 11.4 Å². The molecule has 0 aliphatic heterocycles. The van der Waals surface area contributed by atoms with E-state index in [9.17, 15) is 4.79 Å². The lowest BCUT2D eigenvalue weighted by atomic mass is 10.2. The molecule has 1 aromatic carbocycles. The van der Waals surface area contributed by atoms with Crippen molar-refractivity contribution < 1.29 is 4.79 Å². The number of halogens is 2. The van der Waals surface area contributed by atoms with Crippen LogP contribution >= 0.6 is 23.2 Å². The van der Waals surface area contributed by atoms with Gasteiger partial charge in [-0.05, 0) is 18.6 Å². The van der Waals surface area contributed by atoms with Crippen molar-refractivity contribution in [2.75, 3.05) is 5.01 Å². The maximum Gasteiger partial charge on any atom is 0.241 e. The van der Waals surface area contributed by atoms with Gasteiger partial charge >= 0.3 is 0 Å². The molecule has 82 valence electrons. The molecule has 0 heterocycles. The van der Waals surface area contributed by atoms with E-state index < -0.39 is 0 Å². The van der Waals surface area contributed by atoms with E-state index >= 15 is 0 Å². The third-order valence-electron chi connectivity index (χ3n) is 1.91. The molecule has 5 heteroatoms. The van der Waals surface area contributed by atoms with Gasteiger partial charge in [0.15, 0.2) is 0 Å². The first kappa shape index (κ1) is 12.3. The first-order valence-corrected chi connectivity index (χ1v) is 5.35. The van der Waals surface area contributed by atoms with Gasteiger partial charge in [0.05, 0.1) is 15.7 Å². The van der Waals surface area contributed by atoms with Crippen molar-refractivity contribution in [3.05, 3.63) is 28.2 Å². The van der Waals surface area contributed by atoms with Gasteiger partial charge in [-0.25, -0.2) is 10.9 Å². The average molecular weight is 247 g/mol. The zero-order chi connectivity index (χ0) is 11.4. The third kappa shape index (κ3) is 2.84. The van der Waals surface area contributed by atoms with Gasteiger partial charge in [-0.15, -0.1) is 0 Å². The Bertz CT molecular complexity index is 348. The quantitative estimate of drug-likeness (QED) is 0.507.